The molecule has 1 aromatic heterocycles. The van der Waals surface area contributed by atoms with E-state index in [0.717, 1.165) is 30.0 Å². The molecule has 27 heavy (non-hydrogen) atoms. The Labute approximate surface area is 167 Å². The summed E-state index contributed by atoms with van der Waals surface area (Å²) in [5.41, 5.74) is 2.48. The summed E-state index contributed by atoms with van der Waals surface area (Å²) in [5, 5.41) is 15.0. The maximum Gasteiger partial charge on any atom is 0.291 e. The molecule has 0 bridgehead atoms. The number of imidazole rings is 1. The van der Waals surface area contributed by atoms with Gasteiger partial charge in [-0.05, 0) is 36.1 Å². The van der Waals surface area contributed by atoms with Gasteiger partial charge in [-0.2, -0.15) is 0 Å². The monoisotopic (exact) mass is 407 g/mol. The van der Waals surface area contributed by atoms with Crippen molar-refractivity contribution in [2.45, 2.75) is 25.3 Å². The number of nitrogens with zero attached hydrogens (tertiary/aromatic N) is 3. The van der Waals surface area contributed by atoms with Crippen molar-refractivity contribution in [1.82, 2.24) is 9.55 Å². The normalized spacial score (nSPS) is 11.3. The summed E-state index contributed by atoms with van der Waals surface area (Å²) >= 11 is 12.5. The van der Waals surface area contributed by atoms with Gasteiger partial charge in [-0.3, -0.25) is 0 Å². The zero-order chi connectivity index (χ0) is 19.6. The van der Waals surface area contributed by atoms with Crippen LogP contribution in [0, 0.1) is 10.1 Å². The van der Waals surface area contributed by atoms with Gasteiger partial charge < -0.3 is 9.77 Å². The van der Waals surface area contributed by atoms with Gasteiger partial charge in [-0.25, -0.2) is 4.98 Å². The average molecular weight is 408 g/mol. The van der Waals surface area contributed by atoms with E-state index in [0.29, 0.717) is 10.9 Å². The molecule has 0 amide bonds. The zero-order valence-electron chi connectivity index (χ0n) is 14.4. The third kappa shape index (κ3) is 7.29. The zero-order valence-corrected chi connectivity index (χ0v) is 15.9. The SMILES string of the molecule is Clc1ccc(C(CCc2ccccc2)Cn2ccnc2)c(Cl)c1.O=[N+]([O-])O. The second-order valence-electron chi connectivity index (χ2n) is 5.88. The van der Waals surface area contributed by atoms with E-state index in [4.69, 9.17) is 38.5 Å². The van der Waals surface area contributed by atoms with Gasteiger partial charge in [0.05, 0.1) is 6.33 Å². The van der Waals surface area contributed by atoms with Crippen molar-refractivity contribution in [2.24, 2.45) is 0 Å². The molecule has 1 N–H and O–H groups in total. The quantitative estimate of drug-likeness (QED) is 0.446. The van der Waals surface area contributed by atoms with Gasteiger partial charge in [0.2, 0.25) is 0 Å². The highest BCUT2D eigenvalue weighted by Crippen LogP contribution is 2.31. The van der Waals surface area contributed by atoms with E-state index in [-0.39, 0.29) is 0 Å². The van der Waals surface area contributed by atoms with Crippen molar-refractivity contribution in [3.8, 4) is 0 Å². The predicted octanol–water partition coefficient (Wildman–Crippen LogP) is 5.26. The average Bonchev–Trinajstić information content (AvgIpc) is 3.12. The van der Waals surface area contributed by atoms with Crippen molar-refractivity contribution in [1.29, 1.82) is 0 Å². The summed E-state index contributed by atoms with van der Waals surface area (Å²) in [4.78, 5) is 12.5. The van der Waals surface area contributed by atoms with Crippen LogP contribution in [0.1, 0.15) is 23.5 Å². The summed E-state index contributed by atoms with van der Waals surface area (Å²) in [6.45, 7) is 0.855. The van der Waals surface area contributed by atoms with Gasteiger partial charge in [-0.15, -0.1) is 10.1 Å². The fourth-order valence-electron chi connectivity index (χ4n) is 2.81. The van der Waals surface area contributed by atoms with Crippen molar-refractivity contribution in [2.75, 3.05) is 0 Å². The first-order valence-corrected chi connectivity index (χ1v) is 8.99. The fourth-order valence-corrected chi connectivity index (χ4v) is 3.38. The molecule has 0 radical (unpaired) electrons. The van der Waals surface area contributed by atoms with Crippen LogP contribution in [0.2, 0.25) is 10.0 Å². The number of aryl methyl sites for hydroxylation is 1. The molecule has 0 fully saturated rings. The Balaban J connectivity index is 0.000000596. The van der Waals surface area contributed by atoms with E-state index in [9.17, 15) is 0 Å². The molecule has 2 aromatic carbocycles. The largest absolute Gasteiger partial charge is 0.337 e. The third-order valence-electron chi connectivity index (χ3n) is 4.02. The molecular weight excluding hydrogens is 389 g/mol. The van der Waals surface area contributed by atoms with E-state index >= 15 is 0 Å². The van der Waals surface area contributed by atoms with Crippen LogP contribution in [0.3, 0.4) is 0 Å². The maximum atomic E-state index is 8.36. The van der Waals surface area contributed by atoms with Gasteiger partial charge >= 0.3 is 0 Å². The predicted molar refractivity (Wildman–Crippen MR) is 105 cm³/mol. The first-order chi connectivity index (χ1) is 13.0. The number of benzene rings is 2. The van der Waals surface area contributed by atoms with Crippen molar-refractivity contribution < 1.29 is 10.3 Å². The number of hydrogen-bond donors (Lipinski definition) is 1. The van der Waals surface area contributed by atoms with Crippen LogP contribution in [0.5, 0.6) is 0 Å². The van der Waals surface area contributed by atoms with E-state index in [2.05, 4.69) is 33.8 Å². The molecule has 0 aliphatic heterocycles. The summed E-state index contributed by atoms with van der Waals surface area (Å²) in [7, 11) is 0. The van der Waals surface area contributed by atoms with Crippen LogP contribution in [-0.4, -0.2) is 19.8 Å². The Hall–Kier alpha value is -2.57. The minimum Gasteiger partial charge on any atom is -0.337 e. The molecule has 1 unspecified atom stereocenters. The molecule has 3 aromatic rings. The molecular formula is C19H19Cl2N3O3. The first kappa shape index (κ1) is 20.7. The topological polar surface area (TPSA) is 81.2 Å². The Bertz CT molecular complexity index is 839. The van der Waals surface area contributed by atoms with E-state index in [1.54, 1.807) is 6.20 Å². The van der Waals surface area contributed by atoms with Crippen LogP contribution in [0.25, 0.3) is 0 Å². The van der Waals surface area contributed by atoms with Gasteiger partial charge in [0.1, 0.15) is 0 Å². The van der Waals surface area contributed by atoms with Crippen LogP contribution in [0.4, 0.5) is 0 Å². The van der Waals surface area contributed by atoms with Crippen molar-refractivity contribution in [3.05, 3.63) is 98.5 Å². The Morgan fingerprint density at radius 1 is 1.19 bits per heavy atom. The van der Waals surface area contributed by atoms with Gasteiger partial charge in [-0.1, -0.05) is 59.6 Å². The number of rotatable bonds is 6. The van der Waals surface area contributed by atoms with Crippen LogP contribution in [0.15, 0.2) is 67.3 Å². The highest BCUT2D eigenvalue weighted by atomic mass is 35.5. The lowest BCUT2D eigenvalue weighted by molar-refractivity contribution is -0.742. The van der Waals surface area contributed by atoms with Crippen molar-refractivity contribution >= 4 is 23.2 Å². The molecule has 3 rings (SSSR count). The Kier molecular flexibility index (Phi) is 8.10. The second kappa shape index (κ2) is 10.5. The first-order valence-electron chi connectivity index (χ1n) is 8.23. The molecule has 0 aliphatic carbocycles. The highest BCUT2D eigenvalue weighted by Gasteiger charge is 2.16. The molecule has 8 heteroatoms. The molecule has 142 valence electrons. The Morgan fingerprint density at radius 2 is 1.89 bits per heavy atom. The van der Waals surface area contributed by atoms with Gasteiger partial charge in [0.15, 0.2) is 0 Å². The number of aromatic nitrogens is 2. The number of hydrogen-bond acceptors (Lipinski definition) is 3. The van der Waals surface area contributed by atoms with E-state index in [1.165, 1.54) is 5.56 Å². The van der Waals surface area contributed by atoms with Crippen LogP contribution in [-0.2, 0) is 13.0 Å². The number of halogens is 2. The standard InChI is InChI=1S/C19H18Cl2N2.HNO3/c20-17-8-9-18(19(21)12-17)16(13-23-11-10-22-14-23)7-6-15-4-2-1-3-5-15;2-1(3)4/h1-5,8-12,14,16H,6-7,13H2;(H,2,3,4). The summed E-state index contributed by atoms with van der Waals surface area (Å²) in [6.07, 6.45) is 7.67. The summed E-state index contributed by atoms with van der Waals surface area (Å²) in [5.74, 6) is 0.314. The lowest BCUT2D eigenvalue weighted by atomic mass is 9.92. The molecule has 6 nitrogen and oxygen atoms in total. The summed E-state index contributed by atoms with van der Waals surface area (Å²) < 4.78 is 2.10. The second-order valence-corrected chi connectivity index (χ2v) is 6.73. The fraction of sp³-hybridized carbons (Fsp3) is 0.211. The molecule has 0 saturated carbocycles. The van der Waals surface area contributed by atoms with Gasteiger partial charge in [0.25, 0.3) is 5.09 Å². The Morgan fingerprint density at radius 3 is 2.48 bits per heavy atom. The molecule has 1 heterocycles. The van der Waals surface area contributed by atoms with Crippen LogP contribution < -0.4 is 0 Å². The van der Waals surface area contributed by atoms with E-state index in [1.807, 2.05) is 36.8 Å². The molecule has 0 spiro atoms. The molecule has 1 atom stereocenters. The van der Waals surface area contributed by atoms with E-state index < -0.39 is 5.09 Å². The molecule has 0 saturated heterocycles. The highest BCUT2D eigenvalue weighted by molar-refractivity contribution is 6.35. The third-order valence-corrected chi connectivity index (χ3v) is 4.58. The lowest BCUT2D eigenvalue weighted by Gasteiger charge is -2.19. The smallest absolute Gasteiger partial charge is 0.291 e. The molecule has 0 aliphatic rings. The van der Waals surface area contributed by atoms with Crippen LogP contribution >= 0.6 is 23.2 Å². The minimum absolute atomic E-state index is 0.314. The van der Waals surface area contributed by atoms with Gasteiger partial charge in [0, 0.05) is 34.9 Å². The van der Waals surface area contributed by atoms with Crippen molar-refractivity contribution in [3.63, 3.8) is 0 Å². The minimum atomic E-state index is -1.50. The summed E-state index contributed by atoms with van der Waals surface area (Å²) in [6, 6.07) is 16.3. The lowest BCUT2D eigenvalue weighted by Crippen LogP contribution is -2.10. The maximum absolute atomic E-state index is 8.36.